The first kappa shape index (κ1) is 36.5. The highest BCUT2D eigenvalue weighted by Crippen LogP contribution is 2.49. The minimum atomic E-state index is -3.92. The Morgan fingerprint density at radius 1 is 1.04 bits per heavy atom. The Labute approximate surface area is 313 Å². The third kappa shape index (κ3) is 6.99. The van der Waals surface area contributed by atoms with Gasteiger partial charge in [-0.3, -0.25) is 19.1 Å². The first-order valence-electron chi connectivity index (χ1n) is 20.1. The van der Waals surface area contributed by atoms with Gasteiger partial charge in [0.05, 0.1) is 28.5 Å². The zero-order valence-corrected chi connectivity index (χ0v) is 32.1. The summed E-state index contributed by atoms with van der Waals surface area (Å²) in [4.78, 5) is 50.0. The normalized spacial score (nSPS) is 32.1. The summed E-state index contributed by atoms with van der Waals surface area (Å²) in [5.74, 6) is -0.199. The lowest BCUT2D eigenvalue weighted by Gasteiger charge is -2.36. The van der Waals surface area contributed by atoms with Crippen LogP contribution < -0.4 is 20.1 Å². The maximum absolute atomic E-state index is 14.8. The number of fused-ring (bicyclic) bond motifs is 5. The van der Waals surface area contributed by atoms with Gasteiger partial charge in [-0.2, -0.15) is 0 Å². The Bertz CT molecular complexity index is 1920. The molecule has 0 unspecified atom stereocenters. The zero-order chi connectivity index (χ0) is 37.0. The van der Waals surface area contributed by atoms with Crippen LogP contribution in [-0.4, -0.2) is 77.1 Å². The molecule has 12 heteroatoms. The van der Waals surface area contributed by atoms with Crippen molar-refractivity contribution >= 4 is 38.6 Å². The van der Waals surface area contributed by atoms with E-state index in [1.54, 1.807) is 11.8 Å². The van der Waals surface area contributed by atoms with Crippen LogP contribution in [0.1, 0.15) is 114 Å². The highest BCUT2D eigenvalue weighted by molar-refractivity contribution is 7.91. The van der Waals surface area contributed by atoms with Gasteiger partial charge in [-0.25, -0.2) is 13.4 Å². The number of benzene rings is 1. The highest BCUT2D eigenvalue weighted by Gasteiger charge is 2.64. The number of amides is 3. The van der Waals surface area contributed by atoms with E-state index in [-0.39, 0.29) is 24.8 Å². The number of para-hydroxylation sites is 1. The molecule has 5 atom stereocenters. The van der Waals surface area contributed by atoms with Gasteiger partial charge in [0.1, 0.15) is 22.9 Å². The number of hydrogen-bond donors (Lipinski definition) is 3. The van der Waals surface area contributed by atoms with Crippen LogP contribution >= 0.6 is 0 Å². The second-order valence-corrected chi connectivity index (χ2v) is 19.4. The number of aromatic nitrogens is 1. The highest BCUT2D eigenvalue weighted by atomic mass is 32.2. The number of carbonyl (C=O) groups excluding carboxylic acids is 3. The fourth-order valence-corrected chi connectivity index (χ4v) is 10.8. The second-order valence-electron chi connectivity index (χ2n) is 17.2. The van der Waals surface area contributed by atoms with E-state index in [0.717, 1.165) is 66.6 Å². The molecule has 1 aromatic heterocycles. The summed E-state index contributed by atoms with van der Waals surface area (Å²) in [6.45, 7) is 4.58. The lowest BCUT2D eigenvalue weighted by Crippen LogP contribution is -2.58. The van der Waals surface area contributed by atoms with Crippen molar-refractivity contribution in [2.24, 2.45) is 11.8 Å². The van der Waals surface area contributed by atoms with Gasteiger partial charge < -0.3 is 20.3 Å². The lowest BCUT2D eigenvalue weighted by molar-refractivity contribution is -0.141. The summed E-state index contributed by atoms with van der Waals surface area (Å²) in [5.41, 5.74) is 0.562. The molecule has 3 aliphatic carbocycles. The molecular weight excluding hydrogens is 691 g/mol. The number of nitrogens with one attached hydrogen (secondary N) is 3. The van der Waals surface area contributed by atoms with Crippen molar-refractivity contribution in [2.45, 2.75) is 145 Å². The van der Waals surface area contributed by atoms with E-state index in [4.69, 9.17) is 9.72 Å². The maximum atomic E-state index is 14.8. The van der Waals surface area contributed by atoms with Gasteiger partial charge in [-0.05, 0) is 90.2 Å². The average molecular weight is 746 g/mol. The average Bonchev–Trinajstić information content (AvgIpc) is 3.92. The van der Waals surface area contributed by atoms with Gasteiger partial charge in [-0.15, -0.1) is 0 Å². The molecule has 4 heterocycles. The fraction of sp³-hybridized carbons (Fsp3) is 0.659. The second kappa shape index (κ2) is 14.0. The topological polar surface area (TPSA) is 147 Å². The Morgan fingerprint density at radius 2 is 1.81 bits per heavy atom. The molecule has 3 amide bonds. The van der Waals surface area contributed by atoms with Crippen molar-refractivity contribution in [3.63, 3.8) is 0 Å². The quantitative estimate of drug-likeness (QED) is 0.331. The van der Waals surface area contributed by atoms with Crippen LogP contribution in [0.15, 0.2) is 36.4 Å². The van der Waals surface area contributed by atoms with Crippen LogP contribution in [0.3, 0.4) is 0 Å². The van der Waals surface area contributed by atoms with Crippen LogP contribution in [0.5, 0.6) is 5.75 Å². The molecule has 3 saturated carbocycles. The largest absolute Gasteiger partial charge is 0.483 e. The molecule has 2 aromatic rings. The van der Waals surface area contributed by atoms with Crippen LogP contribution in [0.25, 0.3) is 10.9 Å². The van der Waals surface area contributed by atoms with Crippen molar-refractivity contribution in [3.8, 4) is 5.75 Å². The Hall–Kier alpha value is -3.51. The van der Waals surface area contributed by atoms with Crippen LogP contribution in [-0.2, 0) is 30.8 Å². The molecule has 6 aliphatic rings. The number of carbonyl (C=O) groups is 3. The van der Waals surface area contributed by atoms with E-state index in [0.29, 0.717) is 44.4 Å². The molecular formula is C41H55N5O6S. The number of pyridine rings is 1. The van der Waals surface area contributed by atoms with E-state index in [1.165, 1.54) is 25.7 Å². The van der Waals surface area contributed by atoms with Gasteiger partial charge in [-0.1, -0.05) is 68.9 Å². The molecule has 3 aliphatic heterocycles. The van der Waals surface area contributed by atoms with Gasteiger partial charge in [0.2, 0.25) is 21.8 Å². The zero-order valence-electron chi connectivity index (χ0n) is 31.3. The lowest BCUT2D eigenvalue weighted by atomic mass is 9.87. The van der Waals surface area contributed by atoms with Crippen molar-refractivity contribution in [3.05, 3.63) is 47.7 Å². The number of ether oxygens (including phenoxy) is 1. The number of nitrogens with zero attached hydrogens (tertiary/aromatic N) is 2. The fourth-order valence-electron chi connectivity index (χ4n) is 9.46. The van der Waals surface area contributed by atoms with Crippen LogP contribution in [0.4, 0.5) is 0 Å². The predicted octanol–water partition coefficient (Wildman–Crippen LogP) is 5.14. The molecule has 286 valence electrons. The molecule has 8 rings (SSSR count). The summed E-state index contributed by atoms with van der Waals surface area (Å²) in [7, 11) is -3.92. The molecule has 4 fully saturated rings. The summed E-state index contributed by atoms with van der Waals surface area (Å²) in [5, 5.41) is 7.72. The third-order valence-corrected chi connectivity index (χ3v) is 15.5. The maximum Gasteiger partial charge on any atom is 0.259 e. The monoisotopic (exact) mass is 745 g/mol. The van der Waals surface area contributed by atoms with Gasteiger partial charge >= 0.3 is 0 Å². The number of hydrogen-bond acceptors (Lipinski definition) is 8. The van der Waals surface area contributed by atoms with Crippen LogP contribution in [0, 0.1) is 18.8 Å². The molecule has 1 spiro atoms. The molecule has 3 N–H and O–H groups in total. The molecule has 1 saturated heterocycles. The molecule has 1 aromatic carbocycles. The smallest absolute Gasteiger partial charge is 0.259 e. The van der Waals surface area contributed by atoms with Crippen molar-refractivity contribution in [2.75, 3.05) is 13.1 Å². The molecule has 53 heavy (non-hydrogen) atoms. The number of sulfonamides is 1. The Morgan fingerprint density at radius 3 is 2.60 bits per heavy atom. The third-order valence-electron chi connectivity index (χ3n) is 13.3. The summed E-state index contributed by atoms with van der Waals surface area (Å²) in [6.07, 6.45) is 17.2. The molecule has 11 nitrogen and oxygen atoms in total. The van der Waals surface area contributed by atoms with Crippen molar-refractivity contribution in [1.29, 1.82) is 0 Å². The Balaban J connectivity index is 1.10. The summed E-state index contributed by atoms with van der Waals surface area (Å²) < 4.78 is 34.7. The van der Waals surface area contributed by atoms with Crippen LogP contribution in [0.2, 0.25) is 0 Å². The van der Waals surface area contributed by atoms with E-state index in [2.05, 4.69) is 27.5 Å². The van der Waals surface area contributed by atoms with E-state index in [9.17, 15) is 22.8 Å². The minimum absolute atomic E-state index is 0.112. The van der Waals surface area contributed by atoms with Gasteiger partial charge in [0.15, 0.2) is 0 Å². The molecule has 0 radical (unpaired) electrons. The number of aryl methyl sites for hydroxylation is 2. The minimum Gasteiger partial charge on any atom is -0.483 e. The number of rotatable bonds is 7. The summed E-state index contributed by atoms with van der Waals surface area (Å²) in [6, 6.07) is 6.71. The van der Waals surface area contributed by atoms with Crippen molar-refractivity contribution < 1.29 is 27.5 Å². The van der Waals surface area contributed by atoms with E-state index >= 15 is 0 Å². The summed E-state index contributed by atoms with van der Waals surface area (Å²) >= 11 is 0. The van der Waals surface area contributed by atoms with E-state index in [1.807, 2.05) is 31.2 Å². The first-order valence-corrected chi connectivity index (χ1v) is 21.6. The van der Waals surface area contributed by atoms with E-state index < -0.39 is 49.8 Å². The van der Waals surface area contributed by atoms with Gasteiger partial charge in [0.25, 0.3) is 5.91 Å². The standard InChI is InChI=1S/C41H55N5O6S/c1-27-35-31(30-15-10-11-16-32(30)43-27)18-20-40(52-35)25-34-36(47)44-41(38(49)45-53(50,51)39(2)21-22-39)24-29(41)14-6-4-3-5-7-17-33(37(48)46(34)26-40)42-23-19-28-12-8-9-13-28/h6,10-11,14-16,28-29,33-34,42H,3-5,7-9,12-13,17-26H2,1-2H3,(H,44,47)(H,45,49)/b14-6-/t29-,33+,34+,40-,41-/m1/s1. The predicted molar refractivity (Wildman–Crippen MR) is 203 cm³/mol. The van der Waals surface area contributed by atoms with Crippen molar-refractivity contribution in [1.82, 2.24) is 25.2 Å². The van der Waals surface area contributed by atoms with Gasteiger partial charge in [0, 0.05) is 23.3 Å². The SMILES string of the molecule is Cc1nc2ccccc2c2c1O[C@]1(CC2)C[C@H]2C(=O)N[C@]3(C(=O)NS(=O)(=O)C4(C)CC4)C[C@H]3/C=C\CCCCC[C@H](NCCC3CCCC3)C(=O)N2C1. The Kier molecular flexibility index (Phi) is 9.61. The molecule has 0 bridgehead atoms. The first-order chi connectivity index (χ1) is 25.4. The number of allylic oxidation sites excluding steroid dienone is 1.